The van der Waals surface area contributed by atoms with Crippen molar-refractivity contribution in [3.05, 3.63) is 119 Å². The van der Waals surface area contributed by atoms with Crippen LogP contribution in [-0.4, -0.2) is 19.6 Å². The molecule has 1 N–H and O–H groups in total. The van der Waals surface area contributed by atoms with Crippen molar-refractivity contribution >= 4 is 17.7 Å². The molecule has 0 radical (unpaired) electrons. The van der Waals surface area contributed by atoms with Gasteiger partial charge >= 0.3 is 6.18 Å². The van der Waals surface area contributed by atoms with Crippen molar-refractivity contribution in [2.75, 3.05) is 19.0 Å². The molecule has 0 aliphatic rings. The molecule has 0 spiro atoms. The summed E-state index contributed by atoms with van der Waals surface area (Å²) in [6.07, 6.45) is -3.27. The van der Waals surface area contributed by atoms with Gasteiger partial charge in [0.05, 0.1) is 19.3 Å². The number of rotatable bonds is 12. The van der Waals surface area contributed by atoms with Crippen molar-refractivity contribution in [3.8, 4) is 29.1 Å². The van der Waals surface area contributed by atoms with E-state index in [2.05, 4.69) is 5.32 Å². The zero-order valence-electron chi connectivity index (χ0n) is 24.0. The van der Waals surface area contributed by atoms with Gasteiger partial charge in [-0.2, -0.15) is 18.4 Å². The zero-order valence-corrected chi connectivity index (χ0v) is 24.0. The van der Waals surface area contributed by atoms with E-state index in [0.717, 1.165) is 23.3 Å². The van der Waals surface area contributed by atoms with Gasteiger partial charge < -0.3 is 24.3 Å². The van der Waals surface area contributed by atoms with Crippen molar-refractivity contribution < 1.29 is 36.9 Å². The lowest BCUT2D eigenvalue weighted by molar-refractivity contribution is -0.137. The minimum atomic E-state index is -4.57. The highest BCUT2D eigenvalue weighted by molar-refractivity contribution is 6.09. The van der Waals surface area contributed by atoms with Crippen LogP contribution in [0.15, 0.2) is 96.6 Å². The van der Waals surface area contributed by atoms with Crippen LogP contribution in [0.3, 0.4) is 0 Å². The topological polar surface area (TPSA) is 89.8 Å². The Bertz CT molecular complexity index is 1660. The third kappa shape index (κ3) is 8.55. The summed E-state index contributed by atoms with van der Waals surface area (Å²) in [5.74, 6) is 1.11. The second-order valence-electron chi connectivity index (χ2n) is 9.39. The zero-order chi connectivity index (χ0) is 31.5. The number of carbonyl (C=O) groups is 1. The Hall–Kier alpha value is -5.43. The van der Waals surface area contributed by atoms with Crippen molar-refractivity contribution in [2.45, 2.75) is 26.3 Å². The number of benzene rings is 4. The fraction of sp³-hybridized carbons (Fsp3) is 0.176. The van der Waals surface area contributed by atoms with E-state index in [1.54, 1.807) is 24.3 Å². The molecule has 0 heterocycles. The number of methoxy groups -OCH3 is 1. The highest BCUT2D eigenvalue weighted by Crippen LogP contribution is 2.33. The number of ether oxygens (including phenoxy) is 4. The minimum absolute atomic E-state index is 0.0874. The van der Waals surface area contributed by atoms with E-state index in [4.69, 9.17) is 18.9 Å². The molecule has 0 fully saturated rings. The Labute approximate surface area is 253 Å². The molecule has 0 aromatic heterocycles. The monoisotopic (exact) mass is 602 g/mol. The number of nitrogens with one attached hydrogen (secondary N) is 1. The minimum Gasteiger partial charge on any atom is -0.493 e. The van der Waals surface area contributed by atoms with Crippen molar-refractivity contribution in [1.29, 1.82) is 5.26 Å². The number of alkyl halides is 3. The van der Waals surface area contributed by atoms with E-state index in [1.807, 2.05) is 55.5 Å². The number of hydrogen-bond acceptors (Lipinski definition) is 6. The molecule has 0 bridgehead atoms. The highest BCUT2D eigenvalue weighted by atomic mass is 19.4. The van der Waals surface area contributed by atoms with Crippen LogP contribution in [0.25, 0.3) is 6.08 Å². The predicted octanol–water partition coefficient (Wildman–Crippen LogP) is 7.82. The molecule has 4 aromatic carbocycles. The molecule has 226 valence electrons. The highest BCUT2D eigenvalue weighted by Gasteiger charge is 2.30. The van der Waals surface area contributed by atoms with Gasteiger partial charge in [0.1, 0.15) is 24.9 Å². The summed E-state index contributed by atoms with van der Waals surface area (Å²) in [6.45, 7) is 2.93. The average molecular weight is 603 g/mol. The second kappa shape index (κ2) is 14.6. The van der Waals surface area contributed by atoms with Gasteiger partial charge in [-0.3, -0.25) is 4.79 Å². The molecule has 0 aliphatic heterocycles. The fourth-order valence-electron chi connectivity index (χ4n) is 4.11. The Morgan fingerprint density at radius 3 is 2.20 bits per heavy atom. The van der Waals surface area contributed by atoms with Crippen molar-refractivity contribution in [3.63, 3.8) is 0 Å². The maximum Gasteiger partial charge on any atom is 0.416 e. The van der Waals surface area contributed by atoms with Gasteiger partial charge in [0, 0.05) is 5.69 Å². The van der Waals surface area contributed by atoms with Gasteiger partial charge in [0.25, 0.3) is 5.91 Å². The number of anilines is 1. The van der Waals surface area contributed by atoms with E-state index in [1.165, 1.54) is 25.3 Å². The average Bonchev–Trinajstić information content (AvgIpc) is 3.02. The molecule has 7 nitrogen and oxygen atoms in total. The Morgan fingerprint density at radius 1 is 0.818 bits per heavy atom. The summed E-state index contributed by atoms with van der Waals surface area (Å²) in [5.41, 5.74) is 0.991. The summed E-state index contributed by atoms with van der Waals surface area (Å²) >= 11 is 0. The first-order valence-corrected chi connectivity index (χ1v) is 13.5. The summed E-state index contributed by atoms with van der Waals surface area (Å²) in [7, 11) is 1.45. The predicted molar refractivity (Wildman–Crippen MR) is 159 cm³/mol. The third-order valence-corrected chi connectivity index (χ3v) is 6.25. The lowest BCUT2D eigenvalue weighted by Crippen LogP contribution is -2.14. The Kier molecular flexibility index (Phi) is 10.5. The lowest BCUT2D eigenvalue weighted by atomic mass is 10.1. The lowest BCUT2D eigenvalue weighted by Gasteiger charge is -2.15. The molecule has 0 saturated carbocycles. The van der Waals surface area contributed by atoms with Crippen molar-refractivity contribution in [1.82, 2.24) is 0 Å². The molecule has 44 heavy (non-hydrogen) atoms. The molecule has 0 saturated heterocycles. The molecular formula is C34H29F3N2O5. The van der Waals surface area contributed by atoms with Crippen LogP contribution in [0.2, 0.25) is 0 Å². The van der Waals surface area contributed by atoms with E-state index in [-0.39, 0.29) is 17.9 Å². The molecule has 0 atom stereocenters. The van der Waals surface area contributed by atoms with Crippen LogP contribution in [0.4, 0.5) is 18.9 Å². The van der Waals surface area contributed by atoms with Crippen LogP contribution >= 0.6 is 0 Å². The molecule has 4 aromatic rings. The van der Waals surface area contributed by atoms with Crippen LogP contribution < -0.4 is 24.3 Å². The number of carbonyl (C=O) groups excluding carboxylic acids is 1. The number of nitriles is 1. The van der Waals surface area contributed by atoms with E-state index >= 15 is 0 Å². The smallest absolute Gasteiger partial charge is 0.416 e. The van der Waals surface area contributed by atoms with Crippen LogP contribution in [0, 0.1) is 11.3 Å². The summed E-state index contributed by atoms with van der Waals surface area (Å²) in [5, 5.41) is 11.9. The summed E-state index contributed by atoms with van der Waals surface area (Å²) in [4.78, 5) is 12.6. The molecule has 0 unspecified atom stereocenters. The van der Waals surface area contributed by atoms with E-state index in [9.17, 15) is 23.2 Å². The van der Waals surface area contributed by atoms with Gasteiger partial charge in [-0.25, -0.2) is 0 Å². The normalized spacial score (nSPS) is 11.3. The third-order valence-electron chi connectivity index (χ3n) is 6.25. The maximum absolute atomic E-state index is 13.0. The number of hydrogen-bond donors (Lipinski definition) is 1. The molecule has 1 amide bonds. The summed E-state index contributed by atoms with van der Waals surface area (Å²) in [6, 6.07) is 26.1. The number of nitrogens with zero attached hydrogens (tertiary/aromatic N) is 1. The quantitative estimate of drug-likeness (QED) is 0.131. The summed E-state index contributed by atoms with van der Waals surface area (Å²) < 4.78 is 62.2. The molecule has 10 heteroatoms. The fourth-order valence-corrected chi connectivity index (χ4v) is 4.11. The maximum atomic E-state index is 13.0. The van der Waals surface area contributed by atoms with Gasteiger partial charge in [0.15, 0.2) is 23.0 Å². The Morgan fingerprint density at radius 2 is 1.52 bits per heavy atom. The molecule has 0 aliphatic carbocycles. The van der Waals surface area contributed by atoms with Crippen molar-refractivity contribution in [2.24, 2.45) is 0 Å². The van der Waals surface area contributed by atoms with Gasteiger partial charge in [-0.15, -0.1) is 0 Å². The first kappa shape index (κ1) is 31.5. The number of amides is 1. The van der Waals surface area contributed by atoms with E-state index in [0.29, 0.717) is 41.8 Å². The standard InChI is InChI=1S/C34H29F3N2O5/c1-3-42-32-18-25(13-15-30(32)43-21-23-8-5-4-6-9-23)22-44-29-14-12-24(17-31(29)41-2)16-26(20-38)33(40)39-28-11-7-10-27(19-28)34(35,36)37/h4-19H,3,21-22H2,1-2H3,(H,39,40)/b26-16+. The second-order valence-corrected chi connectivity index (χ2v) is 9.39. The van der Waals surface area contributed by atoms with Crippen LogP contribution in [-0.2, 0) is 24.2 Å². The first-order chi connectivity index (χ1) is 21.2. The van der Waals surface area contributed by atoms with Crippen LogP contribution in [0.5, 0.6) is 23.0 Å². The molecular weight excluding hydrogens is 573 g/mol. The first-order valence-electron chi connectivity index (χ1n) is 13.5. The van der Waals surface area contributed by atoms with Gasteiger partial charge in [0.2, 0.25) is 0 Å². The van der Waals surface area contributed by atoms with E-state index < -0.39 is 17.6 Å². The van der Waals surface area contributed by atoms with Gasteiger partial charge in [-0.1, -0.05) is 48.5 Å². The van der Waals surface area contributed by atoms with Gasteiger partial charge in [-0.05, 0) is 72.2 Å². The largest absolute Gasteiger partial charge is 0.493 e. The molecule has 4 rings (SSSR count). The van der Waals surface area contributed by atoms with Crippen LogP contribution in [0.1, 0.15) is 29.2 Å². The Balaban J connectivity index is 1.44. The SMILES string of the molecule is CCOc1cc(COc2ccc(/C=C(\C#N)C(=O)Nc3cccc(C(F)(F)F)c3)cc2OC)ccc1OCc1ccccc1. The number of halogens is 3.